The van der Waals surface area contributed by atoms with E-state index in [2.05, 4.69) is 11.8 Å². The van der Waals surface area contributed by atoms with Gasteiger partial charge >= 0.3 is 6.18 Å². The second-order valence-electron chi connectivity index (χ2n) is 6.08. The summed E-state index contributed by atoms with van der Waals surface area (Å²) in [5.41, 5.74) is 2.69. The third kappa shape index (κ3) is 6.14. The van der Waals surface area contributed by atoms with Gasteiger partial charge in [-0.05, 0) is 51.7 Å². The Morgan fingerprint density at radius 3 is 2.30 bits per heavy atom. The first-order chi connectivity index (χ1) is 9.08. The largest absolute Gasteiger partial charge is 0.389 e. The maximum absolute atomic E-state index is 12.2. The van der Waals surface area contributed by atoms with Crippen LogP contribution in [0, 0.1) is 24.2 Å². The Morgan fingerprint density at radius 2 is 1.75 bits per heavy atom. The van der Waals surface area contributed by atoms with Gasteiger partial charge in [-0.3, -0.25) is 0 Å². The van der Waals surface area contributed by atoms with Crippen molar-refractivity contribution < 1.29 is 13.2 Å². The summed E-state index contributed by atoms with van der Waals surface area (Å²) in [5.74, 6) is 6.29. The summed E-state index contributed by atoms with van der Waals surface area (Å²) in [4.78, 5) is 0. The lowest BCUT2D eigenvalue weighted by Gasteiger charge is -2.11. The quantitative estimate of drug-likeness (QED) is 0.662. The Kier molecular flexibility index (Phi) is 5.28. The summed E-state index contributed by atoms with van der Waals surface area (Å²) < 4.78 is 36.6. The zero-order valence-corrected chi connectivity index (χ0v) is 12.5. The Morgan fingerprint density at radius 1 is 1.10 bits per heavy atom. The van der Waals surface area contributed by atoms with Crippen LogP contribution in [-0.2, 0) is 6.42 Å². The number of rotatable bonds is 3. The molecule has 1 aromatic carbocycles. The zero-order chi connectivity index (χ0) is 15.4. The summed E-state index contributed by atoms with van der Waals surface area (Å²) in [6.45, 7) is 7.99. The molecule has 0 N–H and O–H groups in total. The third-order valence-electron chi connectivity index (χ3n) is 2.83. The van der Waals surface area contributed by atoms with Gasteiger partial charge in [0.2, 0.25) is 0 Å². The first kappa shape index (κ1) is 16.6. The predicted molar refractivity (Wildman–Crippen MR) is 76.5 cm³/mol. The van der Waals surface area contributed by atoms with Crippen LogP contribution in [0.3, 0.4) is 0 Å². The Hall–Kier alpha value is -1.43. The van der Waals surface area contributed by atoms with Crippen molar-refractivity contribution in [3.05, 3.63) is 34.9 Å². The highest BCUT2D eigenvalue weighted by Gasteiger charge is 2.26. The van der Waals surface area contributed by atoms with Gasteiger partial charge in [-0.2, -0.15) is 13.2 Å². The normalized spacial score (nSPS) is 11.9. The summed E-state index contributed by atoms with van der Waals surface area (Å²) in [5, 5.41) is 0. The number of aryl methyl sites for hydroxylation is 2. The molecule has 3 heteroatoms. The van der Waals surface area contributed by atoms with Gasteiger partial charge in [0, 0.05) is 17.4 Å². The van der Waals surface area contributed by atoms with Crippen LogP contribution in [0.25, 0.3) is 0 Å². The second-order valence-corrected chi connectivity index (χ2v) is 6.08. The van der Waals surface area contributed by atoms with Gasteiger partial charge in [-0.1, -0.05) is 30.0 Å². The lowest BCUT2D eigenvalue weighted by atomic mass is 9.94. The highest BCUT2D eigenvalue weighted by molar-refractivity contribution is 5.47. The van der Waals surface area contributed by atoms with Crippen molar-refractivity contribution in [2.75, 3.05) is 0 Å². The van der Waals surface area contributed by atoms with E-state index in [-0.39, 0.29) is 11.8 Å². The van der Waals surface area contributed by atoms with Crippen LogP contribution in [0.2, 0.25) is 0 Å². The highest BCUT2D eigenvalue weighted by Crippen LogP contribution is 2.24. The fraction of sp³-hybridized carbons (Fsp3) is 0.529. The summed E-state index contributed by atoms with van der Waals surface area (Å²) >= 11 is 0. The minimum Gasteiger partial charge on any atom is -0.171 e. The van der Waals surface area contributed by atoms with Crippen LogP contribution < -0.4 is 0 Å². The molecule has 0 aliphatic carbocycles. The van der Waals surface area contributed by atoms with Crippen molar-refractivity contribution in [1.29, 1.82) is 0 Å². The maximum Gasteiger partial charge on any atom is 0.389 e. The molecule has 0 radical (unpaired) electrons. The van der Waals surface area contributed by atoms with Crippen molar-refractivity contribution in [2.24, 2.45) is 5.41 Å². The van der Waals surface area contributed by atoms with E-state index >= 15 is 0 Å². The molecule has 0 unspecified atom stereocenters. The zero-order valence-electron chi connectivity index (χ0n) is 12.5. The molecule has 20 heavy (non-hydrogen) atoms. The van der Waals surface area contributed by atoms with Crippen LogP contribution in [0.1, 0.15) is 50.3 Å². The smallest absolute Gasteiger partial charge is 0.171 e. The van der Waals surface area contributed by atoms with E-state index in [4.69, 9.17) is 0 Å². The van der Waals surface area contributed by atoms with E-state index in [1.54, 1.807) is 0 Å². The fourth-order valence-electron chi connectivity index (χ4n) is 1.85. The first-order valence-electron chi connectivity index (χ1n) is 6.77. The molecular weight excluding hydrogens is 261 g/mol. The molecule has 0 amide bonds. The molecule has 0 aliphatic heterocycles. The number of halogens is 3. The van der Waals surface area contributed by atoms with Crippen molar-refractivity contribution >= 4 is 0 Å². The number of benzene rings is 1. The molecule has 0 aromatic heterocycles. The third-order valence-corrected chi connectivity index (χ3v) is 2.83. The second kappa shape index (κ2) is 6.35. The van der Waals surface area contributed by atoms with E-state index < -0.39 is 12.6 Å². The van der Waals surface area contributed by atoms with Gasteiger partial charge in [0.25, 0.3) is 0 Å². The SMILES string of the molecule is Cc1cccc(CCCC(F)(F)F)c1C#CC(C)(C)C. The van der Waals surface area contributed by atoms with E-state index in [0.717, 1.165) is 16.7 Å². The van der Waals surface area contributed by atoms with Crippen molar-refractivity contribution in [2.45, 2.75) is 53.1 Å². The molecule has 110 valence electrons. The molecule has 0 fully saturated rings. The minimum absolute atomic E-state index is 0.108. The Labute approximate surface area is 119 Å². The molecule has 0 nitrogen and oxygen atoms in total. The summed E-state index contributed by atoms with van der Waals surface area (Å²) in [6, 6.07) is 5.69. The van der Waals surface area contributed by atoms with Crippen molar-refractivity contribution in [1.82, 2.24) is 0 Å². The highest BCUT2D eigenvalue weighted by atomic mass is 19.4. The van der Waals surface area contributed by atoms with Crippen LogP contribution in [-0.4, -0.2) is 6.18 Å². The molecule has 0 aliphatic rings. The molecule has 1 aromatic rings. The van der Waals surface area contributed by atoms with Gasteiger partial charge in [0.05, 0.1) is 0 Å². The molecule has 1 rings (SSSR count). The van der Waals surface area contributed by atoms with Gasteiger partial charge in [0.1, 0.15) is 0 Å². The van der Waals surface area contributed by atoms with Gasteiger partial charge in [0.15, 0.2) is 0 Å². The molecular formula is C17H21F3. The van der Waals surface area contributed by atoms with E-state index in [1.807, 2.05) is 45.9 Å². The molecule has 0 spiro atoms. The average molecular weight is 282 g/mol. The van der Waals surface area contributed by atoms with Gasteiger partial charge in [-0.15, -0.1) is 0 Å². The van der Waals surface area contributed by atoms with Crippen LogP contribution in [0.15, 0.2) is 18.2 Å². The molecule has 0 heterocycles. The lowest BCUT2D eigenvalue weighted by Crippen LogP contribution is -2.07. The van der Waals surface area contributed by atoms with Crippen LogP contribution >= 0.6 is 0 Å². The van der Waals surface area contributed by atoms with Crippen molar-refractivity contribution in [3.63, 3.8) is 0 Å². The van der Waals surface area contributed by atoms with Crippen LogP contribution in [0.5, 0.6) is 0 Å². The molecule has 0 saturated heterocycles. The number of hydrogen-bond donors (Lipinski definition) is 0. The van der Waals surface area contributed by atoms with Crippen molar-refractivity contribution in [3.8, 4) is 11.8 Å². The number of alkyl halides is 3. The Bertz CT molecular complexity index is 508. The Balaban J connectivity index is 2.91. The molecule has 0 atom stereocenters. The van der Waals surface area contributed by atoms with Gasteiger partial charge in [-0.25, -0.2) is 0 Å². The standard InChI is InChI=1S/C17H21F3/c1-13-7-5-8-14(9-6-11-17(18,19)20)15(13)10-12-16(2,3)4/h5,7-8H,6,9,11H2,1-4H3. The topological polar surface area (TPSA) is 0 Å². The summed E-state index contributed by atoms with van der Waals surface area (Å²) in [6.07, 6.45) is -4.30. The van der Waals surface area contributed by atoms with Crippen LogP contribution in [0.4, 0.5) is 13.2 Å². The predicted octanol–water partition coefficient (Wildman–Crippen LogP) is 5.28. The number of hydrogen-bond acceptors (Lipinski definition) is 0. The minimum atomic E-state index is -4.08. The van der Waals surface area contributed by atoms with E-state index in [0.29, 0.717) is 6.42 Å². The fourth-order valence-corrected chi connectivity index (χ4v) is 1.85. The van der Waals surface area contributed by atoms with Gasteiger partial charge < -0.3 is 0 Å². The monoisotopic (exact) mass is 282 g/mol. The van der Waals surface area contributed by atoms with E-state index in [9.17, 15) is 13.2 Å². The maximum atomic E-state index is 12.2. The molecule has 0 saturated carbocycles. The molecule has 0 bridgehead atoms. The average Bonchev–Trinajstić information content (AvgIpc) is 2.25. The first-order valence-corrected chi connectivity index (χ1v) is 6.77. The van der Waals surface area contributed by atoms with E-state index in [1.165, 1.54) is 0 Å². The lowest BCUT2D eigenvalue weighted by molar-refractivity contribution is -0.135. The summed E-state index contributed by atoms with van der Waals surface area (Å²) in [7, 11) is 0.